The summed E-state index contributed by atoms with van der Waals surface area (Å²) in [6.07, 6.45) is 18.0. The number of imidazole rings is 1. The highest BCUT2D eigenvalue weighted by Crippen LogP contribution is 2.33. The molecule has 2 heterocycles. The Morgan fingerprint density at radius 3 is 2.41 bits per heavy atom. The van der Waals surface area contributed by atoms with Crippen LogP contribution >= 0.6 is 15.9 Å². The summed E-state index contributed by atoms with van der Waals surface area (Å²) >= 11 is 3.75. The molecular weight excluding hydrogens is 398 g/mol. The molecule has 0 atom stereocenters. The van der Waals surface area contributed by atoms with Crippen molar-refractivity contribution < 1.29 is 4.57 Å². The fourth-order valence-corrected chi connectivity index (χ4v) is 5.66. The predicted octanol–water partition coefficient (Wildman–Crippen LogP) is 6.39. The lowest BCUT2D eigenvalue weighted by Crippen LogP contribution is -2.43. The van der Waals surface area contributed by atoms with Crippen LogP contribution in [0.5, 0.6) is 0 Å². The fraction of sp³-hybridized carbons (Fsp3) is 0.522. The highest BCUT2D eigenvalue weighted by atomic mass is 79.9. The third-order valence-electron chi connectivity index (χ3n) is 6.61. The highest BCUT2D eigenvalue weighted by Gasteiger charge is 2.29. The lowest BCUT2D eigenvalue weighted by atomic mass is 9.94. The topological polar surface area (TPSA) is 20.3 Å². The van der Waals surface area contributed by atoms with Crippen LogP contribution in [0.3, 0.4) is 0 Å². The number of benzene rings is 1. The second kappa shape index (κ2) is 7.46. The van der Waals surface area contributed by atoms with E-state index in [4.69, 9.17) is 0 Å². The Labute approximate surface area is 169 Å². The summed E-state index contributed by atoms with van der Waals surface area (Å²) in [5, 5.41) is 6.64. The molecule has 0 bridgehead atoms. The summed E-state index contributed by atoms with van der Waals surface area (Å²) in [6.45, 7) is 0. The number of nitrogens with zero attached hydrogens (tertiary/aromatic N) is 2. The lowest BCUT2D eigenvalue weighted by Gasteiger charge is -2.24. The van der Waals surface area contributed by atoms with Crippen LogP contribution in [0.4, 0.5) is 5.82 Å². The molecule has 1 N–H and O–H groups in total. The number of anilines is 1. The number of hydrogen-bond donors (Lipinski definition) is 1. The van der Waals surface area contributed by atoms with Crippen molar-refractivity contribution in [1.82, 2.24) is 4.40 Å². The summed E-state index contributed by atoms with van der Waals surface area (Å²) in [6, 6.07) is 10.1. The van der Waals surface area contributed by atoms with Crippen molar-refractivity contribution in [2.24, 2.45) is 0 Å². The van der Waals surface area contributed by atoms with Gasteiger partial charge < -0.3 is 0 Å². The standard InChI is InChI=1S/C23H29BrN3/c24-21-13-7-12-20-19(21)14-15-26-16-27(18-10-5-2-6-11-18)23(22(20)26)25-17-8-3-1-4-9-17/h7,12-18,25H,1-6,8-11H2/q+1. The quantitative estimate of drug-likeness (QED) is 0.480. The highest BCUT2D eigenvalue weighted by molar-refractivity contribution is 9.10. The van der Waals surface area contributed by atoms with Crippen LogP contribution in [0.25, 0.3) is 16.3 Å². The van der Waals surface area contributed by atoms with E-state index >= 15 is 0 Å². The number of hydrogen-bond acceptors (Lipinski definition) is 1. The Morgan fingerprint density at radius 1 is 0.889 bits per heavy atom. The smallest absolute Gasteiger partial charge is 0.262 e. The van der Waals surface area contributed by atoms with Crippen molar-refractivity contribution in [1.29, 1.82) is 0 Å². The van der Waals surface area contributed by atoms with Gasteiger partial charge in [-0.05, 0) is 50.7 Å². The number of aromatic nitrogens is 2. The first-order valence-corrected chi connectivity index (χ1v) is 11.5. The molecule has 0 unspecified atom stereocenters. The van der Waals surface area contributed by atoms with E-state index in [1.54, 1.807) is 0 Å². The number of pyridine rings is 1. The van der Waals surface area contributed by atoms with Crippen molar-refractivity contribution in [2.45, 2.75) is 76.3 Å². The average Bonchev–Trinajstić information content (AvgIpc) is 3.09. The molecule has 2 aliphatic rings. The summed E-state index contributed by atoms with van der Waals surface area (Å²) < 4.78 is 6.09. The van der Waals surface area contributed by atoms with E-state index in [9.17, 15) is 0 Å². The van der Waals surface area contributed by atoms with Gasteiger partial charge in [0.25, 0.3) is 5.82 Å². The van der Waals surface area contributed by atoms with Crippen LogP contribution in [0.2, 0.25) is 0 Å². The van der Waals surface area contributed by atoms with Gasteiger partial charge in [0.05, 0.1) is 18.3 Å². The third kappa shape index (κ3) is 3.26. The Bertz CT molecular complexity index is 949. The van der Waals surface area contributed by atoms with E-state index in [1.807, 2.05) is 0 Å². The van der Waals surface area contributed by atoms with Gasteiger partial charge in [0, 0.05) is 15.2 Å². The van der Waals surface area contributed by atoms with Crippen LogP contribution in [-0.2, 0) is 0 Å². The average molecular weight is 427 g/mol. The minimum Gasteiger partial charge on any atom is -0.300 e. The van der Waals surface area contributed by atoms with Gasteiger partial charge in [-0.15, -0.1) is 0 Å². The molecule has 3 nitrogen and oxygen atoms in total. The normalized spacial score (nSPS) is 19.7. The SMILES string of the molecule is Brc1cccc2c1ccn1c[n+](C3CCCCC3)c(NC3CCCCC3)c21. The fourth-order valence-electron chi connectivity index (χ4n) is 5.16. The maximum Gasteiger partial charge on any atom is 0.262 e. The zero-order chi connectivity index (χ0) is 18.2. The summed E-state index contributed by atoms with van der Waals surface area (Å²) in [7, 11) is 0. The second-order valence-electron chi connectivity index (χ2n) is 8.42. The predicted molar refractivity (Wildman–Crippen MR) is 115 cm³/mol. The van der Waals surface area contributed by atoms with Gasteiger partial charge in [-0.3, -0.25) is 5.32 Å². The third-order valence-corrected chi connectivity index (χ3v) is 7.30. The van der Waals surface area contributed by atoms with Crippen LogP contribution in [0.1, 0.15) is 70.3 Å². The van der Waals surface area contributed by atoms with Crippen LogP contribution < -0.4 is 9.88 Å². The first-order chi connectivity index (χ1) is 13.3. The Morgan fingerprint density at radius 2 is 1.63 bits per heavy atom. The Hall–Kier alpha value is -1.55. The Balaban J connectivity index is 1.68. The molecule has 0 spiro atoms. The van der Waals surface area contributed by atoms with Gasteiger partial charge >= 0.3 is 0 Å². The van der Waals surface area contributed by atoms with Crippen molar-refractivity contribution in [3.63, 3.8) is 0 Å². The second-order valence-corrected chi connectivity index (χ2v) is 9.27. The summed E-state index contributed by atoms with van der Waals surface area (Å²) in [5.41, 5.74) is 1.34. The zero-order valence-electron chi connectivity index (χ0n) is 16.0. The van der Waals surface area contributed by atoms with Crippen LogP contribution in [0, 0.1) is 0 Å². The first kappa shape index (κ1) is 17.5. The number of halogens is 1. The van der Waals surface area contributed by atoms with E-state index < -0.39 is 0 Å². The Kier molecular flexibility index (Phi) is 4.85. The largest absolute Gasteiger partial charge is 0.300 e. The van der Waals surface area contributed by atoms with E-state index in [-0.39, 0.29) is 0 Å². The molecule has 5 rings (SSSR count). The van der Waals surface area contributed by atoms with Crippen molar-refractivity contribution in [3.8, 4) is 0 Å². The molecule has 2 fully saturated rings. The molecule has 2 aliphatic carbocycles. The van der Waals surface area contributed by atoms with E-state index in [0.717, 1.165) is 0 Å². The molecule has 142 valence electrons. The van der Waals surface area contributed by atoms with Crippen LogP contribution in [-0.4, -0.2) is 10.4 Å². The first-order valence-electron chi connectivity index (χ1n) is 10.7. The molecule has 4 heteroatoms. The maximum absolute atomic E-state index is 4.01. The van der Waals surface area contributed by atoms with Gasteiger partial charge in [0.15, 0.2) is 11.8 Å². The van der Waals surface area contributed by atoms with Crippen LogP contribution in [0.15, 0.2) is 41.3 Å². The molecule has 0 amide bonds. The van der Waals surface area contributed by atoms with E-state index in [0.29, 0.717) is 12.1 Å². The molecule has 27 heavy (non-hydrogen) atoms. The molecule has 0 radical (unpaired) electrons. The molecule has 2 aromatic heterocycles. The van der Waals surface area contributed by atoms with Crippen molar-refractivity contribution in [2.75, 3.05) is 5.32 Å². The van der Waals surface area contributed by atoms with Crippen molar-refractivity contribution in [3.05, 3.63) is 41.3 Å². The maximum atomic E-state index is 4.01. The van der Waals surface area contributed by atoms with Gasteiger partial charge in [0.1, 0.15) is 0 Å². The van der Waals surface area contributed by atoms with E-state index in [2.05, 4.69) is 67.0 Å². The van der Waals surface area contributed by atoms with Gasteiger partial charge in [-0.1, -0.05) is 53.7 Å². The molecule has 0 aliphatic heterocycles. The lowest BCUT2D eigenvalue weighted by molar-refractivity contribution is -0.711. The molecule has 1 aromatic carbocycles. The molecule has 3 aromatic rings. The molecule has 2 saturated carbocycles. The van der Waals surface area contributed by atoms with Gasteiger partial charge in [-0.25, -0.2) is 8.97 Å². The van der Waals surface area contributed by atoms with Gasteiger partial charge in [0.2, 0.25) is 0 Å². The molecular formula is C23H29BrN3+. The minimum atomic E-state index is 0.613. The number of nitrogens with one attached hydrogen (secondary N) is 1. The number of rotatable bonds is 3. The minimum absolute atomic E-state index is 0.613. The monoisotopic (exact) mass is 426 g/mol. The number of fused-ring (bicyclic) bond motifs is 3. The van der Waals surface area contributed by atoms with E-state index in [1.165, 1.54) is 90.8 Å². The summed E-state index contributed by atoms with van der Waals surface area (Å²) in [4.78, 5) is 0. The van der Waals surface area contributed by atoms with Gasteiger partial charge in [-0.2, -0.15) is 0 Å². The van der Waals surface area contributed by atoms with Crippen molar-refractivity contribution >= 4 is 38.0 Å². The summed E-state index contributed by atoms with van der Waals surface area (Å²) in [5.74, 6) is 1.34. The molecule has 0 saturated heterocycles. The zero-order valence-corrected chi connectivity index (χ0v) is 17.5.